The molecule has 8 atom stereocenters. The number of carbonyl (C=O) groups excluding carboxylic acids is 2. The molecule has 0 bridgehead atoms. The Morgan fingerprint density at radius 3 is 2.54 bits per heavy atom. The molecule has 3 fully saturated rings. The van der Waals surface area contributed by atoms with Crippen LogP contribution in [0.25, 0.3) is 0 Å². The third-order valence-corrected chi connectivity index (χ3v) is 8.66. The quantitative estimate of drug-likeness (QED) is 0.618. The van der Waals surface area contributed by atoms with Crippen molar-refractivity contribution in [2.75, 3.05) is 0 Å². The molecule has 26 heavy (non-hydrogen) atoms. The van der Waals surface area contributed by atoms with Crippen molar-refractivity contribution in [1.29, 1.82) is 0 Å². The summed E-state index contributed by atoms with van der Waals surface area (Å²) in [4.78, 5) is 25.2. The molecule has 0 heterocycles. The van der Waals surface area contributed by atoms with Crippen LogP contribution >= 0.6 is 0 Å². The molecule has 0 aromatic rings. The van der Waals surface area contributed by atoms with E-state index in [4.69, 9.17) is 0 Å². The van der Waals surface area contributed by atoms with E-state index in [1.165, 1.54) is 12.5 Å². The van der Waals surface area contributed by atoms with Gasteiger partial charge in [-0.05, 0) is 50.4 Å². The van der Waals surface area contributed by atoms with Gasteiger partial charge < -0.3 is 15.3 Å². The molecule has 0 radical (unpaired) electrons. The minimum absolute atomic E-state index is 0.0160. The molecule has 5 heteroatoms. The molecule has 0 spiro atoms. The van der Waals surface area contributed by atoms with E-state index in [0.29, 0.717) is 25.7 Å². The van der Waals surface area contributed by atoms with Crippen LogP contribution in [0, 0.1) is 28.6 Å². The summed E-state index contributed by atoms with van der Waals surface area (Å²) >= 11 is 0. The summed E-state index contributed by atoms with van der Waals surface area (Å²) in [7, 11) is 0. The number of rotatable bonds is 1. The number of aliphatic hydroxyl groups excluding tert-OH is 2. The van der Waals surface area contributed by atoms with Crippen molar-refractivity contribution in [3.05, 3.63) is 11.6 Å². The van der Waals surface area contributed by atoms with E-state index in [-0.39, 0.29) is 41.3 Å². The maximum Gasteiger partial charge on any atom is 0.166 e. The van der Waals surface area contributed by atoms with Crippen LogP contribution in [0.5, 0.6) is 0 Å². The first-order valence-corrected chi connectivity index (χ1v) is 9.88. The van der Waals surface area contributed by atoms with E-state index in [1.54, 1.807) is 6.92 Å². The monoisotopic (exact) mass is 362 g/mol. The van der Waals surface area contributed by atoms with Crippen LogP contribution < -0.4 is 0 Å². The van der Waals surface area contributed by atoms with Crippen LogP contribution in [-0.2, 0) is 9.59 Å². The zero-order chi connectivity index (χ0) is 19.1. The van der Waals surface area contributed by atoms with Crippen molar-refractivity contribution >= 4 is 11.6 Å². The van der Waals surface area contributed by atoms with Crippen molar-refractivity contribution in [3.63, 3.8) is 0 Å². The zero-order valence-corrected chi connectivity index (χ0v) is 15.9. The lowest BCUT2D eigenvalue weighted by molar-refractivity contribution is -0.219. The van der Waals surface area contributed by atoms with Crippen molar-refractivity contribution in [1.82, 2.24) is 0 Å². The number of allylic oxidation sites excluding steroid dienone is 1. The predicted molar refractivity (Wildman–Crippen MR) is 95.1 cm³/mol. The van der Waals surface area contributed by atoms with Gasteiger partial charge in [0.05, 0.1) is 12.2 Å². The van der Waals surface area contributed by atoms with Gasteiger partial charge in [-0.25, -0.2) is 0 Å². The van der Waals surface area contributed by atoms with Crippen molar-refractivity contribution in [2.24, 2.45) is 28.6 Å². The molecule has 0 saturated heterocycles. The second-order valence-electron chi connectivity index (χ2n) is 9.58. The fourth-order valence-electron chi connectivity index (χ4n) is 6.98. The summed E-state index contributed by atoms with van der Waals surface area (Å²) in [6.45, 7) is 5.34. The maximum absolute atomic E-state index is 13.0. The van der Waals surface area contributed by atoms with Gasteiger partial charge in [0, 0.05) is 23.7 Å². The van der Waals surface area contributed by atoms with Gasteiger partial charge in [-0.1, -0.05) is 25.5 Å². The minimum atomic E-state index is -1.66. The Hall–Kier alpha value is -1.04. The smallest absolute Gasteiger partial charge is 0.166 e. The Bertz CT molecular complexity index is 699. The summed E-state index contributed by atoms with van der Waals surface area (Å²) in [5.74, 6) is -1.34. The molecule has 4 rings (SSSR count). The van der Waals surface area contributed by atoms with Gasteiger partial charge in [-0.3, -0.25) is 9.59 Å². The Balaban J connectivity index is 1.82. The van der Waals surface area contributed by atoms with Gasteiger partial charge in [0.1, 0.15) is 11.4 Å². The van der Waals surface area contributed by atoms with Crippen LogP contribution in [0.3, 0.4) is 0 Å². The Kier molecular flexibility index (Phi) is 3.87. The molecule has 4 aliphatic carbocycles. The van der Waals surface area contributed by atoms with Gasteiger partial charge >= 0.3 is 0 Å². The fourth-order valence-corrected chi connectivity index (χ4v) is 6.98. The third-order valence-electron chi connectivity index (χ3n) is 8.66. The van der Waals surface area contributed by atoms with Crippen LogP contribution in [-0.4, -0.2) is 44.7 Å². The Morgan fingerprint density at radius 2 is 1.88 bits per heavy atom. The molecule has 0 aromatic carbocycles. The van der Waals surface area contributed by atoms with Crippen molar-refractivity contribution in [2.45, 2.75) is 77.1 Å². The van der Waals surface area contributed by atoms with Crippen LogP contribution in [0.2, 0.25) is 0 Å². The number of fused-ring (bicyclic) bond motifs is 5. The second-order valence-corrected chi connectivity index (χ2v) is 9.58. The van der Waals surface area contributed by atoms with E-state index in [0.717, 1.165) is 6.42 Å². The van der Waals surface area contributed by atoms with Gasteiger partial charge in [0.25, 0.3) is 0 Å². The highest BCUT2D eigenvalue weighted by Gasteiger charge is 2.73. The van der Waals surface area contributed by atoms with E-state index in [1.807, 2.05) is 0 Å². The number of hydrogen-bond acceptors (Lipinski definition) is 5. The lowest BCUT2D eigenvalue weighted by Gasteiger charge is -2.61. The van der Waals surface area contributed by atoms with E-state index < -0.39 is 23.0 Å². The van der Waals surface area contributed by atoms with Crippen LogP contribution in [0.1, 0.15) is 59.3 Å². The standard InChI is InChI=1S/C21H30O5/c1-11(22)15-9-18(25)21(26)14-5-4-12-8-13(23)6-7-19(12,2)16(14)10-17(24)20(15,21)3/h4,13-17,23-24,26H,5-10H2,1-3H3. The second kappa shape index (κ2) is 5.49. The largest absolute Gasteiger partial charge is 0.393 e. The number of aliphatic hydroxyl groups is 3. The number of ketones is 2. The van der Waals surface area contributed by atoms with E-state index >= 15 is 0 Å². The summed E-state index contributed by atoms with van der Waals surface area (Å²) in [5, 5.41) is 32.9. The number of carbonyl (C=O) groups is 2. The highest BCUT2D eigenvalue weighted by Crippen LogP contribution is 2.66. The normalized spacial score (nSPS) is 53.4. The van der Waals surface area contributed by atoms with Crippen molar-refractivity contribution in [3.8, 4) is 0 Å². The number of Topliss-reactive ketones (excluding diaryl/α,β-unsaturated/α-hetero) is 2. The van der Waals surface area contributed by atoms with Crippen LogP contribution in [0.4, 0.5) is 0 Å². The first-order valence-electron chi connectivity index (χ1n) is 9.88. The third kappa shape index (κ3) is 1.97. The Labute approximate surface area is 154 Å². The molecule has 4 aliphatic rings. The van der Waals surface area contributed by atoms with Gasteiger partial charge in [-0.15, -0.1) is 0 Å². The van der Waals surface area contributed by atoms with Gasteiger partial charge in [-0.2, -0.15) is 0 Å². The van der Waals surface area contributed by atoms with E-state index in [2.05, 4.69) is 13.0 Å². The Morgan fingerprint density at radius 1 is 1.19 bits per heavy atom. The van der Waals surface area contributed by atoms with Crippen LogP contribution in [0.15, 0.2) is 11.6 Å². The maximum atomic E-state index is 13.0. The molecule has 5 nitrogen and oxygen atoms in total. The average Bonchev–Trinajstić information content (AvgIpc) is 2.79. The molecule has 0 aromatic heterocycles. The summed E-state index contributed by atoms with van der Waals surface area (Å²) in [6.07, 6.45) is 4.10. The van der Waals surface area contributed by atoms with E-state index in [9.17, 15) is 24.9 Å². The first-order chi connectivity index (χ1) is 12.1. The molecule has 3 N–H and O–H groups in total. The summed E-state index contributed by atoms with van der Waals surface area (Å²) in [6, 6.07) is 0. The highest BCUT2D eigenvalue weighted by atomic mass is 16.3. The summed E-state index contributed by atoms with van der Waals surface area (Å²) in [5.41, 5.74) is -1.79. The molecule has 8 unspecified atom stereocenters. The molecule has 3 saturated carbocycles. The first kappa shape index (κ1) is 18.3. The molecule has 144 valence electrons. The molecule has 0 aliphatic heterocycles. The average molecular weight is 362 g/mol. The molecule has 0 amide bonds. The molecular weight excluding hydrogens is 332 g/mol. The molecular formula is C21H30O5. The highest BCUT2D eigenvalue weighted by molar-refractivity contribution is 5.98. The SMILES string of the molecule is CC(=O)C1CC(=O)C2(O)C3CC=C4CC(O)CCC4(C)C3CC(O)C12C. The predicted octanol–water partition coefficient (Wildman–Crippen LogP) is 1.78. The summed E-state index contributed by atoms with van der Waals surface area (Å²) < 4.78 is 0. The lowest BCUT2D eigenvalue weighted by atomic mass is 9.44. The van der Waals surface area contributed by atoms with Gasteiger partial charge in [0.15, 0.2) is 5.78 Å². The fraction of sp³-hybridized carbons (Fsp3) is 0.810. The lowest BCUT2D eigenvalue weighted by Crippen LogP contribution is -2.68. The zero-order valence-electron chi connectivity index (χ0n) is 15.9. The topological polar surface area (TPSA) is 94.8 Å². The van der Waals surface area contributed by atoms with Crippen molar-refractivity contribution < 1.29 is 24.9 Å². The minimum Gasteiger partial charge on any atom is -0.393 e. The van der Waals surface area contributed by atoms with Gasteiger partial charge in [0.2, 0.25) is 0 Å². The number of hydrogen-bond donors (Lipinski definition) is 3.